The van der Waals surface area contributed by atoms with Crippen molar-refractivity contribution in [3.63, 3.8) is 0 Å². The maximum Gasteiger partial charge on any atom is 0.227 e. The second-order valence-electron chi connectivity index (χ2n) is 7.33. The molecule has 0 spiro atoms. The van der Waals surface area contributed by atoms with Crippen molar-refractivity contribution in [2.45, 2.75) is 25.8 Å². The Labute approximate surface area is 171 Å². The van der Waals surface area contributed by atoms with E-state index in [0.29, 0.717) is 19.4 Å². The van der Waals surface area contributed by atoms with Crippen LogP contribution in [0.2, 0.25) is 0 Å². The van der Waals surface area contributed by atoms with Crippen molar-refractivity contribution >= 4 is 17.5 Å². The summed E-state index contributed by atoms with van der Waals surface area (Å²) in [5.74, 6) is 0.181. The fourth-order valence-electron chi connectivity index (χ4n) is 3.61. The van der Waals surface area contributed by atoms with E-state index in [9.17, 15) is 9.59 Å². The summed E-state index contributed by atoms with van der Waals surface area (Å²) >= 11 is 0. The molecule has 0 atom stereocenters. The van der Waals surface area contributed by atoms with Crippen molar-refractivity contribution in [2.75, 3.05) is 11.4 Å². The Hall–Kier alpha value is -3.40. The Morgan fingerprint density at radius 1 is 0.828 bits per heavy atom. The first-order chi connectivity index (χ1) is 14.2. The van der Waals surface area contributed by atoms with Gasteiger partial charge in [0.1, 0.15) is 0 Å². The summed E-state index contributed by atoms with van der Waals surface area (Å²) in [4.78, 5) is 25.9. The van der Waals surface area contributed by atoms with E-state index in [1.54, 1.807) is 0 Å². The van der Waals surface area contributed by atoms with Gasteiger partial charge in [0, 0.05) is 25.2 Å². The van der Waals surface area contributed by atoms with E-state index >= 15 is 0 Å². The molecule has 146 valence electrons. The molecule has 29 heavy (non-hydrogen) atoms. The van der Waals surface area contributed by atoms with Crippen LogP contribution in [0.5, 0.6) is 0 Å². The average Bonchev–Trinajstić information content (AvgIpc) is 3.20. The Balaban J connectivity index is 1.29. The molecule has 0 unspecified atom stereocenters. The summed E-state index contributed by atoms with van der Waals surface area (Å²) in [6.07, 6.45) is 1.91. The zero-order valence-corrected chi connectivity index (χ0v) is 16.3. The lowest BCUT2D eigenvalue weighted by atomic mass is 10.0. The van der Waals surface area contributed by atoms with Crippen molar-refractivity contribution in [2.24, 2.45) is 0 Å². The van der Waals surface area contributed by atoms with Gasteiger partial charge in [-0.1, -0.05) is 66.7 Å². The molecule has 1 fully saturated rings. The highest BCUT2D eigenvalue weighted by atomic mass is 16.2. The van der Waals surface area contributed by atoms with E-state index in [1.807, 2.05) is 59.5 Å². The average molecular weight is 384 g/mol. The van der Waals surface area contributed by atoms with Crippen molar-refractivity contribution in [1.29, 1.82) is 0 Å². The maximum absolute atomic E-state index is 12.3. The zero-order chi connectivity index (χ0) is 20.1. The largest absolute Gasteiger partial charge is 0.352 e. The number of carbonyl (C=O) groups excluding carboxylic acids is 2. The van der Waals surface area contributed by atoms with E-state index in [2.05, 4.69) is 29.6 Å². The molecule has 4 nitrogen and oxygen atoms in total. The highest BCUT2D eigenvalue weighted by Crippen LogP contribution is 2.22. The highest BCUT2D eigenvalue weighted by molar-refractivity contribution is 5.95. The van der Waals surface area contributed by atoms with Gasteiger partial charge in [-0.15, -0.1) is 0 Å². The Bertz CT molecular complexity index is 980. The second-order valence-corrected chi connectivity index (χ2v) is 7.33. The second kappa shape index (κ2) is 8.74. The predicted molar refractivity (Wildman–Crippen MR) is 115 cm³/mol. The first kappa shape index (κ1) is 18.9. The minimum Gasteiger partial charge on any atom is -0.352 e. The Morgan fingerprint density at radius 3 is 2.14 bits per heavy atom. The fourth-order valence-corrected chi connectivity index (χ4v) is 3.61. The normalized spacial score (nSPS) is 13.5. The molecule has 0 aromatic heterocycles. The molecule has 1 N–H and O–H groups in total. The molecule has 4 heteroatoms. The first-order valence-corrected chi connectivity index (χ1v) is 9.99. The molecule has 0 radical (unpaired) electrons. The third kappa shape index (κ3) is 4.72. The lowest BCUT2D eigenvalue weighted by Gasteiger charge is -2.16. The first-order valence-electron chi connectivity index (χ1n) is 9.99. The van der Waals surface area contributed by atoms with Gasteiger partial charge >= 0.3 is 0 Å². The summed E-state index contributed by atoms with van der Waals surface area (Å²) < 4.78 is 0. The van der Waals surface area contributed by atoms with Crippen molar-refractivity contribution in [3.8, 4) is 11.1 Å². The van der Waals surface area contributed by atoms with Gasteiger partial charge in [-0.05, 0) is 40.8 Å². The topological polar surface area (TPSA) is 49.4 Å². The van der Waals surface area contributed by atoms with E-state index in [0.717, 1.165) is 35.3 Å². The zero-order valence-electron chi connectivity index (χ0n) is 16.3. The molecule has 1 saturated heterocycles. The Kier molecular flexibility index (Phi) is 5.71. The Morgan fingerprint density at radius 2 is 1.48 bits per heavy atom. The van der Waals surface area contributed by atoms with Crippen LogP contribution < -0.4 is 10.2 Å². The molecule has 0 bridgehead atoms. The summed E-state index contributed by atoms with van der Waals surface area (Å²) in [6.45, 7) is 1.27. The molecule has 0 saturated carbocycles. The molecule has 4 rings (SSSR count). The van der Waals surface area contributed by atoms with Gasteiger partial charge in [0.25, 0.3) is 0 Å². The molecule has 3 aromatic rings. The quantitative estimate of drug-likeness (QED) is 0.687. The number of benzene rings is 3. The molecule has 2 amide bonds. The molecule has 0 aliphatic carbocycles. The molecule has 1 aliphatic heterocycles. The van der Waals surface area contributed by atoms with E-state index < -0.39 is 0 Å². The van der Waals surface area contributed by atoms with Crippen LogP contribution in [-0.4, -0.2) is 18.4 Å². The maximum atomic E-state index is 12.3. The van der Waals surface area contributed by atoms with Crippen LogP contribution in [0, 0.1) is 0 Å². The van der Waals surface area contributed by atoms with Crippen LogP contribution in [-0.2, 0) is 22.6 Å². The van der Waals surface area contributed by atoms with Gasteiger partial charge < -0.3 is 10.2 Å². The van der Waals surface area contributed by atoms with Crippen molar-refractivity contribution in [1.82, 2.24) is 5.32 Å². The number of hydrogen-bond acceptors (Lipinski definition) is 2. The van der Waals surface area contributed by atoms with E-state index in [1.165, 1.54) is 5.56 Å². The van der Waals surface area contributed by atoms with Crippen LogP contribution in [0.3, 0.4) is 0 Å². The van der Waals surface area contributed by atoms with Gasteiger partial charge in [0.05, 0.1) is 6.42 Å². The van der Waals surface area contributed by atoms with Crippen LogP contribution in [0.25, 0.3) is 11.1 Å². The lowest BCUT2D eigenvalue weighted by molar-refractivity contribution is -0.120. The summed E-state index contributed by atoms with van der Waals surface area (Å²) in [5.41, 5.74) is 5.26. The van der Waals surface area contributed by atoms with Gasteiger partial charge in [-0.25, -0.2) is 0 Å². The van der Waals surface area contributed by atoms with Gasteiger partial charge in [0.15, 0.2) is 0 Å². The number of anilines is 1. The third-order valence-electron chi connectivity index (χ3n) is 5.24. The molecule has 3 aromatic carbocycles. The van der Waals surface area contributed by atoms with Gasteiger partial charge in [-0.3, -0.25) is 9.59 Å². The smallest absolute Gasteiger partial charge is 0.227 e. The number of nitrogens with zero attached hydrogens (tertiary/aromatic N) is 1. The third-order valence-corrected chi connectivity index (χ3v) is 5.24. The number of hydrogen-bond donors (Lipinski definition) is 1. The highest BCUT2D eigenvalue weighted by Gasteiger charge is 2.21. The van der Waals surface area contributed by atoms with Crippen LogP contribution in [0.4, 0.5) is 5.69 Å². The van der Waals surface area contributed by atoms with Crippen LogP contribution in [0.1, 0.15) is 24.0 Å². The molecule has 1 heterocycles. The molecular formula is C25H24N2O2. The minimum atomic E-state index is -0.00346. The number of amides is 2. The van der Waals surface area contributed by atoms with Gasteiger partial charge in [0.2, 0.25) is 11.8 Å². The van der Waals surface area contributed by atoms with Crippen LogP contribution >= 0.6 is 0 Å². The predicted octanol–water partition coefficient (Wildman–Crippen LogP) is 4.34. The molecular weight excluding hydrogens is 360 g/mol. The summed E-state index contributed by atoms with van der Waals surface area (Å²) in [6, 6.07) is 26.1. The van der Waals surface area contributed by atoms with E-state index in [4.69, 9.17) is 0 Å². The minimum absolute atomic E-state index is 0.00346. The standard InChI is InChI=1S/C25H24N2O2/c28-24(17-19-8-12-22(13-9-19)21-5-2-1-3-6-21)26-18-20-10-14-23(15-11-20)27-16-4-7-25(27)29/h1-3,5-6,8-15H,4,7,16-18H2,(H,26,28). The van der Waals surface area contributed by atoms with Crippen LogP contribution in [0.15, 0.2) is 78.9 Å². The monoisotopic (exact) mass is 384 g/mol. The number of rotatable bonds is 6. The van der Waals surface area contributed by atoms with E-state index in [-0.39, 0.29) is 11.8 Å². The number of nitrogens with one attached hydrogen (secondary N) is 1. The number of carbonyl (C=O) groups is 2. The van der Waals surface area contributed by atoms with Crippen molar-refractivity contribution in [3.05, 3.63) is 90.0 Å². The lowest BCUT2D eigenvalue weighted by Crippen LogP contribution is -2.25. The summed E-state index contributed by atoms with van der Waals surface area (Å²) in [7, 11) is 0. The summed E-state index contributed by atoms with van der Waals surface area (Å²) in [5, 5.41) is 2.97. The SMILES string of the molecule is O=C(Cc1ccc(-c2ccccc2)cc1)NCc1ccc(N2CCCC2=O)cc1. The fraction of sp³-hybridized carbons (Fsp3) is 0.200. The van der Waals surface area contributed by atoms with Gasteiger partial charge in [-0.2, -0.15) is 0 Å². The van der Waals surface area contributed by atoms with Crippen molar-refractivity contribution < 1.29 is 9.59 Å². The molecule has 1 aliphatic rings.